The SMILES string of the molecule is CCn1c(C)cc([C@@H]2[C@H](c3ccccn3)NC(=S)N2c2ccc(OC)c(NS(C)(=O)=O)c2)c1C. The Hall–Kier alpha value is -3.11. The lowest BCUT2D eigenvalue weighted by atomic mass is 9.96. The fourth-order valence-electron chi connectivity index (χ4n) is 4.69. The monoisotopic (exact) mass is 499 g/mol. The Labute approximate surface area is 206 Å². The minimum Gasteiger partial charge on any atom is -0.495 e. The first-order valence-electron chi connectivity index (χ1n) is 11.0. The van der Waals surface area contributed by atoms with Crippen LogP contribution < -0.4 is 19.7 Å². The number of hydrogen-bond donors (Lipinski definition) is 2. The third-order valence-electron chi connectivity index (χ3n) is 6.10. The molecule has 0 bridgehead atoms. The molecule has 2 N–H and O–H groups in total. The number of aromatic nitrogens is 2. The van der Waals surface area contributed by atoms with E-state index in [1.165, 1.54) is 12.8 Å². The summed E-state index contributed by atoms with van der Waals surface area (Å²) >= 11 is 5.81. The third kappa shape index (κ3) is 4.47. The van der Waals surface area contributed by atoms with Crippen molar-refractivity contribution < 1.29 is 13.2 Å². The van der Waals surface area contributed by atoms with E-state index < -0.39 is 10.0 Å². The molecule has 34 heavy (non-hydrogen) atoms. The molecule has 3 aromatic rings. The number of ether oxygens (including phenoxy) is 1. The van der Waals surface area contributed by atoms with Crippen LogP contribution in [0.25, 0.3) is 0 Å². The number of nitrogens with zero attached hydrogens (tertiary/aromatic N) is 3. The largest absolute Gasteiger partial charge is 0.495 e. The van der Waals surface area contributed by atoms with Crippen LogP contribution in [0.5, 0.6) is 5.75 Å². The van der Waals surface area contributed by atoms with Crippen LogP contribution >= 0.6 is 12.2 Å². The lowest BCUT2D eigenvalue weighted by molar-refractivity contribution is 0.417. The van der Waals surface area contributed by atoms with Gasteiger partial charge in [-0.05, 0) is 75.0 Å². The summed E-state index contributed by atoms with van der Waals surface area (Å²) in [6.07, 6.45) is 2.89. The standard InChI is InChI=1S/C24H29N5O3S2/c1-6-28-15(2)13-18(16(28)3)23-22(19-9-7-8-12-25-19)26-24(33)29(23)17-10-11-21(32-4)20(14-17)27-34(5,30)31/h7-14,22-23,27H,6H2,1-5H3,(H,26,33)/t22-,23+/m0/s1. The van der Waals surface area contributed by atoms with Gasteiger partial charge in [0.2, 0.25) is 10.0 Å². The van der Waals surface area contributed by atoms with Crippen molar-refractivity contribution >= 4 is 38.7 Å². The summed E-state index contributed by atoms with van der Waals surface area (Å²) in [6, 6.07) is 13.0. The maximum absolute atomic E-state index is 12.0. The van der Waals surface area contributed by atoms with Gasteiger partial charge in [0.05, 0.1) is 36.8 Å². The summed E-state index contributed by atoms with van der Waals surface area (Å²) in [5, 5.41) is 3.99. The van der Waals surface area contributed by atoms with Gasteiger partial charge in [0.15, 0.2) is 5.11 Å². The fourth-order valence-corrected chi connectivity index (χ4v) is 5.59. The summed E-state index contributed by atoms with van der Waals surface area (Å²) in [5.41, 5.74) is 5.43. The molecular weight excluding hydrogens is 470 g/mol. The van der Waals surface area contributed by atoms with Crippen LogP contribution in [0.3, 0.4) is 0 Å². The lowest BCUT2D eigenvalue weighted by Gasteiger charge is -2.29. The molecule has 8 nitrogen and oxygen atoms in total. The Morgan fingerprint density at radius 2 is 1.97 bits per heavy atom. The van der Waals surface area contributed by atoms with E-state index in [9.17, 15) is 8.42 Å². The molecule has 3 heterocycles. The molecule has 0 radical (unpaired) electrons. The van der Waals surface area contributed by atoms with Gasteiger partial charge in [0.25, 0.3) is 0 Å². The van der Waals surface area contributed by atoms with Gasteiger partial charge >= 0.3 is 0 Å². The first-order chi connectivity index (χ1) is 16.1. The Kier molecular flexibility index (Phi) is 6.55. The molecule has 2 aromatic heterocycles. The van der Waals surface area contributed by atoms with Crippen molar-refractivity contribution in [1.82, 2.24) is 14.9 Å². The summed E-state index contributed by atoms with van der Waals surface area (Å²) in [7, 11) is -2.00. The van der Waals surface area contributed by atoms with Crippen molar-refractivity contribution in [3.63, 3.8) is 0 Å². The van der Waals surface area contributed by atoms with Crippen LogP contribution in [0.15, 0.2) is 48.7 Å². The first kappa shape index (κ1) is 24.0. The van der Waals surface area contributed by atoms with Crippen molar-refractivity contribution in [3.8, 4) is 5.75 Å². The number of rotatable bonds is 7. The van der Waals surface area contributed by atoms with Crippen molar-refractivity contribution in [1.29, 1.82) is 0 Å². The number of nitrogens with one attached hydrogen (secondary N) is 2. The second-order valence-corrected chi connectivity index (χ2v) is 10.5. The van der Waals surface area contributed by atoms with E-state index in [4.69, 9.17) is 17.0 Å². The number of methoxy groups -OCH3 is 1. The molecular formula is C24H29N5O3S2. The van der Waals surface area contributed by atoms with Crippen molar-refractivity contribution in [2.24, 2.45) is 0 Å². The number of thiocarbonyl (C=S) groups is 1. The molecule has 0 aliphatic carbocycles. The van der Waals surface area contributed by atoms with Gasteiger partial charge < -0.3 is 19.5 Å². The molecule has 0 spiro atoms. The number of pyridine rings is 1. The second-order valence-electron chi connectivity index (χ2n) is 8.33. The van der Waals surface area contributed by atoms with Gasteiger partial charge in [-0.3, -0.25) is 9.71 Å². The summed E-state index contributed by atoms with van der Waals surface area (Å²) in [6.45, 7) is 7.21. The Balaban J connectivity index is 1.89. The highest BCUT2D eigenvalue weighted by Crippen LogP contribution is 2.44. The molecule has 1 aliphatic heterocycles. The van der Waals surface area contributed by atoms with E-state index in [2.05, 4.69) is 46.4 Å². The van der Waals surface area contributed by atoms with E-state index in [0.29, 0.717) is 16.5 Å². The van der Waals surface area contributed by atoms with E-state index in [1.807, 2.05) is 29.2 Å². The maximum atomic E-state index is 12.0. The van der Waals surface area contributed by atoms with Crippen LogP contribution in [-0.2, 0) is 16.6 Å². The Bertz CT molecular complexity index is 1320. The molecule has 1 aliphatic rings. The minimum atomic E-state index is -3.51. The topological polar surface area (TPSA) is 88.5 Å². The van der Waals surface area contributed by atoms with Crippen LogP contribution in [0, 0.1) is 13.8 Å². The number of anilines is 2. The van der Waals surface area contributed by atoms with Gasteiger partial charge in [-0.25, -0.2) is 8.42 Å². The van der Waals surface area contributed by atoms with E-state index in [1.54, 1.807) is 18.3 Å². The molecule has 4 rings (SSSR count). The van der Waals surface area contributed by atoms with Gasteiger partial charge in [-0.1, -0.05) is 6.07 Å². The van der Waals surface area contributed by atoms with E-state index >= 15 is 0 Å². The van der Waals surface area contributed by atoms with Crippen molar-refractivity contribution in [2.75, 3.05) is 23.0 Å². The number of benzene rings is 1. The lowest BCUT2D eigenvalue weighted by Crippen LogP contribution is -2.29. The van der Waals surface area contributed by atoms with Gasteiger partial charge in [0.1, 0.15) is 5.75 Å². The minimum absolute atomic E-state index is 0.187. The molecule has 180 valence electrons. The molecule has 0 amide bonds. The Morgan fingerprint density at radius 3 is 2.56 bits per heavy atom. The molecule has 0 saturated carbocycles. The van der Waals surface area contributed by atoms with E-state index in [0.717, 1.165) is 35.4 Å². The summed E-state index contributed by atoms with van der Waals surface area (Å²) in [4.78, 5) is 6.64. The normalized spacial score (nSPS) is 18.1. The number of hydrogen-bond acceptors (Lipinski definition) is 5. The molecule has 0 unspecified atom stereocenters. The highest BCUT2D eigenvalue weighted by Gasteiger charge is 2.42. The quantitative estimate of drug-likeness (QED) is 0.474. The Morgan fingerprint density at radius 1 is 1.21 bits per heavy atom. The zero-order valence-corrected chi connectivity index (χ0v) is 21.5. The van der Waals surface area contributed by atoms with Crippen molar-refractivity contribution in [2.45, 2.75) is 39.4 Å². The van der Waals surface area contributed by atoms with Crippen molar-refractivity contribution in [3.05, 3.63) is 71.3 Å². The highest BCUT2D eigenvalue weighted by molar-refractivity contribution is 7.92. The predicted octanol–water partition coefficient (Wildman–Crippen LogP) is 4.08. The van der Waals surface area contributed by atoms with E-state index in [-0.39, 0.29) is 12.1 Å². The fraction of sp³-hybridized carbons (Fsp3) is 0.333. The first-order valence-corrected chi connectivity index (χ1v) is 13.3. The molecule has 1 fully saturated rings. The number of sulfonamides is 1. The summed E-state index contributed by atoms with van der Waals surface area (Å²) < 4.78 is 34.2. The van der Waals surface area contributed by atoms with Crippen LogP contribution in [0.4, 0.5) is 11.4 Å². The zero-order valence-electron chi connectivity index (χ0n) is 19.9. The number of aryl methyl sites for hydroxylation is 1. The second kappa shape index (κ2) is 9.27. The predicted molar refractivity (Wildman–Crippen MR) is 139 cm³/mol. The smallest absolute Gasteiger partial charge is 0.229 e. The summed E-state index contributed by atoms with van der Waals surface area (Å²) in [5.74, 6) is 0.425. The molecule has 2 atom stereocenters. The van der Waals surface area contributed by atoms with Crippen LogP contribution in [-0.4, -0.2) is 36.4 Å². The highest BCUT2D eigenvalue weighted by atomic mass is 32.2. The molecule has 10 heteroatoms. The average Bonchev–Trinajstić information content (AvgIpc) is 3.28. The third-order valence-corrected chi connectivity index (χ3v) is 7.01. The van der Waals surface area contributed by atoms with Crippen LogP contribution in [0.1, 0.15) is 41.7 Å². The zero-order chi connectivity index (χ0) is 24.6. The average molecular weight is 500 g/mol. The molecule has 1 saturated heterocycles. The van der Waals surface area contributed by atoms with Crippen LogP contribution in [0.2, 0.25) is 0 Å². The van der Waals surface area contributed by atoms with Gasteiger partial charge in [-0.15, -0.1) is 0 Å². The maximum Gasteiger partial charge on any atom is 0.229 e. The molecule has 1 aromatic carbocycles. The van der Waals surface area contributed by atoms with Gasteiger partial charge in [0, 0.05) is 29.8 Å². The van der Waals surface area contributed by atoms with Gasteiger partial charge in [-0.2, -0.15) is 0 Å².